The molecule has 4 nitrogen and oxygen atoms in total. The van der Waals surface area contributed by atoms with E-state index in [1.165, 1.54) is 0 Å². The number of benzene rings is 2. The molecule has 0 fully saturated rings. The minimum absolute atomic E-state index is 0.0611. The van der Waals surface area contributed by atoms with E-state index < -0.39 is 5.63 Å². The van der Waals surface area contributed by atoms with Crippen LogP contribution in [0.4, 0.5) is 0 Å². The lowest BCUT2D eigenvalue weighted by atomic mass is 10.0. The number of rotatable bonds is 0. The molecule has 0 bridgehead atoms. The molecule has 104 valence electrons. The van der Waals surface area contributed by atoms with Crippen molar-refractivity contribution in [2.75, 3.05) is 6.61 Å². The van der Waals surface area contributed by atoms with Crippen LogP contribution in [0, 0.1) is 18.8 Å². The smallest absolute Gasteiger partial charge is 0.344 e. The molecule has 2 aromatic carbocycles. The Morgan fingerprint density at radius 3 is 2.76 bits per heavy atom. The quantitative estimate of drug-likeness (QED) is 0.376. The molecule has 4 heteroatoms. The van der Waals surface area contributed by atoms with Gasteiger partial charge in [-0.3, -0.25) is 0 Å². The molecule has 1 aromatic heterocycles. The summed E-state index contributed by atoms with van der Waals surface area (Å²) in [5.41, 5.74) is 1.35. The van der Waals surface area contributed by atoms with Crippen LogP contribution < -0.4 is 5.63 Å². The summed E-state index contributed by atoms with van der Waals surface area (Å²) in [5, 5.41) is 20.4. The maximum absolute atomic E-state index is 12.0. The summed E-state index contributed by atoms with van der Waals surface area (Å²) in [5.74, 6) is 5.41. The van der Waals surface area contributed by atoms with E-state index >= 15 is 0 Å². The second kappa shape index (κ2) is 4.97. The van der Waals surface area contributed by atoms with Gasteiger partial charge in [0.05, 0.1) is 10.8 Å². The van der Waals surface area contributed by atoms with Gasteiger partial charge in [-0.05, 0) is 42.8 Å². The van der Waals surface area contributed by atoms with Gasteiger partial charge in [0.25, 0.3) is 0 Å². The number of aliphatic hydroxyl groups excluding tert-OH is 1. The molecule has 3 rings (SSSR count). The van der Waals surface area contributed by atoms with Crippen molar-refractivity contribution in [2.24, 2.45) is 0 Å². The van der Waals surface area contributed by atoms with E-state index in [0.29, 0.717) is 27.3 Å². The van der Waals surface area contributed by atoms with Crippen LogP contribution in [0.3, 0.4) is 0 Å². The molecule has 3 aromatic rings. The van der Waals surface area contributed by atoms with Crippen molar-refractivity contribution in [3.63, 3.8) is 0 Å². The number of hydrogen-bond acceptors (Lipinski definition) is 4. The number of phenolic OH excluding ortho intramolecular Hbond substituents is 1. The minimum Gasteiger partial charge on any atom is -0.507 e. The Bertz CT molecular complexity index is 971. The van der Waals surface area contributed by atoms with Crippen LogP contribution in [0.25, 0.3) is 21.7 Å². The zero-order valence-electron chi connectivity index (χ0n) is 11.3. The van der Waals surface area contributed by atoms with Crippen LogP contribution in [0.5, 0.6) is 5.75 Å². The molecule has 0 saturated carbocycles. The molecule has 0 saturated heterocycles. The fourth-order valence-electron chi connectivity index (χ4n) is 2.39. The molecule has 0 atom stereocenters. The molecule has 0 amide bonds. The third kappa shape index (κ3) is 2.24. The molecular formula is C17H12O4. The van der Waals surface area contributed by atoms with Crippen molar-refractivity contribution in [3.8, 4) is 17.6 Å². The van der Waals surface area contributed by atoms with Gasteiger partial charge < -0.3 is 14.6 Å². The molecule has 0 aliphatic rings. The topological polar surface area (TPSA) is 70.7 Å². The van der Waals surface area contributed by atoms with Crippen LogP contribution in [0.1, 0.15) is 11.1 Å². The highest BCUT2D eigenvalue weighted by molar-refractivity contribution is 6.08. The van der Waals surface area contributed by atoms with Crippen LogP contribution in [-0.2, 0) is 0 Å². The molecule has 0 aliphatic heterocycles. The van der Waals surface area contributed by atoms with Gasteiger partial charge in [-0.25, -0.2) is 4.79 Å². The fourth-order valence-corrected chi connectivity index (χ4v) is 2.39. The number of aryl methyl sites for hydroxylation is 1. The summed E-state index contributed by atoms with van der Waals surface area (Å²) < 4.78 is 5.27. The van der Waals surface area contributed by atoms with Crippen LogP contribution in [0.15, 0.2) is 39.5 Å². The first kappa shape index (κ1) is 13.2. The summed E-state index contributed by atoms with van der Waals surface area (Å²) in [6.07, 6.45) is 0. The highest BCUT2D eigenvalue weighted by atomic mass is 16.4. The van der Waals surface area contributed by atoms with Gasteiger partial charge in [0, 0.05) is 10.9 Å². The Kier molecular flexibility index (Phi) is 3.13. The molecule has 0 radical (unpaired) electrons. The monoisotopic (exact) mass is 280 g/mol. The standard InChI is InChI=1S/C17H12O4/c1-10-7-14(19)16-13-9-11(3-2-6-18)4-5-12(13)17(20)21-15(16)8-10/h4-5,7-9,18-19H,6H2,1H3. The zero-order valence-corrected chi connectivity index (χ0v) is 11.3. The first-order chi connectivity index (χ1) is 10.1. The van der Waals surface area contributed by atoms with E-state index in [1.54, 1.807) is 30.3 Å². The van der Waals surface area contributed by atoms with Gasteiger partial charge in [0.2, 0.25) is 0 Å². The van der Waals surface area contributed by atoms with E-state index in [2.05, 4.69) is 11.8 Å². The SMILES string of the molecule is Cc1cc(O)c2c(c1)oc(=O)c1ccc(C#CCO)cc12. The van der Waals surface area contributed by atoms with Crippen molar-refractivity contribution in [1.82, 2.24) is 0 Å². The predicted octanol–water partition coefficient (Wildman–Crippen LogP) is 2.30. The summed E-state index contributed by atoms with van der Waals surface area (Å²) in [6, 6.07) is 8.34. The number of aliphatic hydroxyl groups is 1. The van der Waals surface area contributed by atoms with Crippen molar-refractivity contribution in [3.05, 3.63) is 51.9 Å². The molecule has 2 N–H and O–H groups in total. The molecule has 0 spiro atoms. The largest absolute Gasteiger partial charge is 0.507 e. The molecule has 21 heavy (non-hydrogen) atoms. The van der Waals surface area contributed by atoms with E-state index in [4.69, 9.17) is 9.52 Å². The van der Waals surface area contributed by atoms with Gasteiger partial charge in [-0.2, -0.15) is 0 Å². The average molecular weight is 280 g/mol. The number of fused-ring (bicyclic) bond motifs is 3. The average Bonchev–Trinajstić information content (AvgIpc) is 2.44. The van der Waals surface area contributed by atoms with Crippen molar-refractivity contribution in [1.29, 1.82) is 0 Å². The second-order valence-electron chi connectivity index (χ2n) is 4.77. The Morgan fingerprint density at radius 2 is 2.00 bits per heavy atom. The highest BCUT2D eigenvalue weighted by Crippen LogP contribution is 2.32. The van der Waals surface area contributed by atoms with Gasteiger partial charge in [0.15, 0.2) is 0 Å². The van der Waals surface area contributed by atoms with Crippen molar-refractivity contribution >= 4 is 21.7 Å². The first-order valence-corrected chi connectivity index (χ1v) is 6.40. The van der Waals surface area contributed by atoms with Crippen LogP contribution >= 0.6 is 0 Å². The Morgan fingerprint density at radius 1 is 1.19 bits per heavy atom. The van der Waals surface area contributed by atoms with Gasteiger partial charge in [-0.15, -0.1) is 0 Å². The van der Waals surface area contributed by atoms with Crippen LogP contribution in [0.2, 0.25) is 0 Å². The maximum atomic E-state index is 12.0. The Labute approximate surface area is 120 Å². The van der Waals surface area contributed by atoms with E-state index in [-0.39, 0.29) is 12.4 Å². The fraction of sp³-hybridized carbons (Fsp3) is 0.118. The summed E-state index contributed by atoms with van der Waals surface area (Å²) >= 11 is 0. The molecule has 0 aliphatic carbocycles. The maximum Gasteiger partial charge on any atom is 0.344 e. The summed E-state index contributed by atoms with van der Waals surface area (Å²) in [7, 11) is 0. The van der Waals surface area contributed by atoms with Gasteiger partial charge in [0.1, 0.15) is 17.9 Å². The van der Waals surface area contributed by atoms with E-state index in [9.17, 15) is 9.90 Å². The van der Waals surface area contributed by atoms with Gasteiger partial charge >= 0.3 is 5.63 Å². The summed E-state index contributed by atoms with van der Waals surface area (Å²) in [6.45, 7) is 1.58. The number of hydrogen-bond donors (Lipinski definition) is 2. The lowest BCUT2D eigenvalue weighted by molar-refractivity contribution is 0.350. The number of aromatic hydroxyl groups is 1. The third-order valence-corrected chi connectivity index (χ3v) is 3.25. The van der Waals surface area contributed by atoms with Crippen molar-refractivity contribution in [2.45, 2.75) is 6.92 Å². The normalized spacial score (nSPS) is 10.6. The second-order valence-corrected chi connectivity index (χ2v) is 4.77. The number of phenols is 1. The Balaban J connectivity index is 2.48. The Hall–Kier alpha value is -2.77. The van der Waals surface area contributed by atoms with E-state index in [0.717, 1.165) is 5.56 Å². The minimum atomic E-state index is -0.454. The lowest BCUT2D eigenvalue weighted by Gasteiger charge is -2.06. The first-order valence-electron chi connectivity index (χ1n) is 6.40. The van der Waals surface area contributed by atoms with E-state index in [1.807, 2.05) is 6.92 Å². The zero-order chi connectivity index (χ0) is 15.0. The third-order valence-electron chi connectivity index (χ3n) is 3.25. The highest BCUT2D eigenvalue weighted by Gasteiger charge is 2.12. The molecule has 0 unspecified atom stereocenters. The predicted molar refractivity (Wildman–Crippen MR) is 80.4 cm³/mol. The molecule has 1 heterocycles. The van der Waals surface area contributed by atoms with Gasteiger partial charge in [-0.1, -0.05) is 11.8 Å². The summed E-state index contributed by atoms with van der Waals surface area (Å²) in [4.78, 5) is 12.0. The lowest BCUT2D eigenvalue weighted by Crippen LogP contribution is -2.00. The van der Waals surface area contributed by atoms with Crippen molar-refractivity contribution < 1.29 is 14.6 Å². The molecular weight excluding hydrogens is 268 g/mol. The van der Waals surface area contributed by atoms with Crippen LogP contribution in [-0.4, -0.2) is 16.8 Å².